The van der Waals surface area contributed by atoms with E-state index in [2.05, 4.69) is 17.7 Å². The van der Waals surface area contributed by atoms with E-state index in [1.807, 2.05) is 24.3 Å². The van der Waals surface area contributed by atoms with Crippen LogP contribution in [0.4, 0.5) is 10.5 Å². The molecule has 0 saturated carbocycles. The molecule has 0 saturated heterocycles. The molecule has 0 fully saturated rings. The zero-order valence-corrected chi connectivity index (χ0v) is 13.0. The van der Waals surface area contributed by atoms with Gasteiger partial charge in [0.25, 0.3) is 5.91 Å². The topological polar surface area (TPSA) is 67.4 Å². The first-order valence-electron chi connectivity index (χ1n) is 7.61. The Balaban J connectivity index is 1.79. The number of benzene rings is 2. The third-order valence-corrected chi connectivity index (χ3v) is 3.29. The predicted molar refractivity (Wildman–Crippen MR) is 89.1 cm³/mol. The lowest BCUT2D eigenvalue weighted by Crippen LogP contribution is -2.29. The number of unbranched alkanes of at least 4 members (excludes halogenated alkanes) is 1. The molecule has 2 aromatic carbocycles. The molecule has 5 heteroatoms. The molecule has 2 aromatic rings. The monoisotopic (exact) mass is 312 g/mol. The maximum absolute atomic E-state index is 11.7. The minimum atomic E-state index is -0.740. The maximum Gasteiger partial charge on any atom is 0.436 e. The number of anilines is 1. The van der Waals surface area contributed by atoms with Crippen LogP contribution in [-0.4, -0.2) is 12.0 Å². The number of hydrogen-bond acceptors (Lipinski definition) is 3. The van der Waals surface area contributed by atoms with Crippen molar-refractivity contribution < 1.29 is 14.4 Å². The van der Waals surface area contributed by atoms with Crippen molar-refractivity contribution in [2.24, 2.45) is 0 Å². The van der Waals surface area contributed by atoms with Gasteiger partial charge in [-0.15, -0.1) is 0 Å². The van der Waals surface area contributed by atoms with Crippen molar-refractivity contribution in [3.05, 3.63) is 65.7 Å². The Kier molecular flexibility index (Phi) is 6.17. The number of amides is 2. The van der Waals surface area contributed by atoms with E-state index in [1.54, 1.807) is 30.3 Å². The van der Waals surface area contributed by atoms with Crippen LogP contribution in [0, 0.1) is 0 Å². The molecule has 0 bridgehead atoms. The summed E-state index contributed by atoms with van der Waals surface area (Å²) in [5.74, 6) is -0.476. The van der Waals surface area contributed by atoms with Gasteiger partial charge in [-0.05, 0) is 42.7 Å². The maximum atomic E-state index is 11.7. The minimum absolute atomic E-state index is 0.417. The van der Waals surface area contributed by atoms with Gasteiger partial charge < -0.3 is 4.84 Å². The van der Waals surface area contributed by atoms with E-state index < -0.39 is 12.0 Å². The van der Waals surface area contributed by atoms with Crippen molar-refractivity contribution in [1.82, 2.24) is 5.48 Å². The lowest BCUT2D eigenvalue weighted by atomic mass is 10.1. The van der Waals surface area contributed by atoms with Crippen molar-refractivity contribution in [3.8, 4) is 0 Å². The van der Waals surface area contributed by atoms with Gasteiger partial charge in [-0.2, -0.15) is 5.48 Å². The highest BCUT2D eigenvalue weighted by atomic mass is 16.7. The molecule has 120 valence electrons. The summed E-state index contributed by atoms with van der Waals surface area (Å²) in [5, 5.41) is 2.56. The van der Waals surface area contributed by atoms with E-state index in [-0.39, 0.29) is 0 Å². The highest BCUT2D eigenvalue weighted by Gasteiger charge is 2.08. The molecule has 0 spiro atoms. The van der Waals surface area contributed by atoms with Gasteiger partial charge in [-0.25, -0.2) is 4.79 Å². The summed E-state index contributed by atoms with van der Waals surface area (Å²) < 4.78 is 0. The molecule has 0 atom stereocenters. The predicted octanol–water partition coefficient (Wildman–Crippen LogP) is 3.92. The first-order valence-corrected chi connectivity index (χ1v) is 7.61. The van der Waals surface area contributed by atoms with Gasteiger partial charge in [0.05, 0.1) is 0 Å². The first kappa shape index (κ1) is 16.5. The van der Waals surface area contributed by atoms with Crippen molar-refractivity contribution in [2.75, 3.05) is 5.32 Å². The number of hydroxylamine groups is 1. The average Bonchev–Trinajstić information content (AvgIpc) is 2.60. The quantitative estimate of drug-likeness (QED) is 0.822. The van der Waals surface area contributed by atoms with Crippen LogP contribution in [0.2, 0.25) is 0 Å². The van der Waals surface area contributed by atoms with Gasteiger partial charge in [0.15, 0.2) is 0 Å². The van der Waals surface area contributed by atoms with Gasteiger partial charge in [-0.3, -0.25) is 10.1 Å². The molecule has 2 N–H and O–H groups in total. The van der Waals surface area contributed by atoms with Gasteiger partial charge in [-0.1, -0.05) is 43.7 Å². The Morgan fingerprint density at radius 2 is 1.70 bits per heavy atom. The van der Waals surface area contributed by atoms with Crippen LogP contribution in [0.5, 0.6) is 0 Å². The Hall–Kier alpha value is -2.82. The van der Waals surface area contributed by atoms with Gasteiger partial charge in [0.2, 0.25) is 0 Å². The number of hydrogen-bond donors (Lipinski definition) is 2. The molecule has 0 aliphatic carbocycles. The molecule has 0 aliphatic heterocycles. The van der Waals surface area contributed by atoms with Crippen LogP contribution >= 0.6 is 0 Å². The summed E-state index contributed by atoms with van der Waals surface area (Å²) in [4.78, 5) is 28.1. The van der Waals surface area contributed by atoms with Crippen molar-refractivity contribution in [2.45, 2.75) is 26.2 Å². The summed E-state index contributed by atoms with van der Waals surface area (Å²) in [7, 11) is 0. The summed E-state index contributed by atoms with van der Waals surface area (Å²) in [6, 6.07) is 16.1. The Bertz CT molecular complexity index is 639. The van der Waals surface area contributed by atoms with E-state index in [0.717, 1.165) is 19.3 Å². The third-order valence-electron chi connectivity index (χ3n) is 3.29. The fraction of sp³-hybridized carbons (Fsp3) is 0.222. The number of aryl methyl sites for hydroxylation is 1. The summed E-state index contributed by atoms with van der Waals surface area (Å²) in [6.45, 7) is 2.15. The van der Waals surface area contributed by atoms with E-state index >= 15 is 0 Å². The number of carbonyl (C=O) groups excluding carboxylic acids is 2. The molecule has 0 aromatic heterocycles. The van der Waals surface area contributed by atoms with E-state index in [9.17, 15) is 9.59 Å². The Labute approximate surface area is 135 Å². The fourth-order valence-electron chi connectivity index (χ4n) is 2.02. The molecule has 0 aliphatic rings. The molecule has 5 nitrogen and oxygen atoms in total. The van der Waals surface area contributed by atoms with Crippen LogP contribution in [-0.2, 0) is 11.3 Å². The standard InChI is InChI=1S/C18H20N2O3/c1-2-3-7-14-10-12-16(13-11-14)19-18(22)23-20-17(21)15-8-5-4-6-9-15/h4-6,8-13H,2-3,7H2,1H3,(H,19,22)(H,20,21). The molecule has 2 rings (SSSR count). The molecular formula is C18H20N2O3. The lowest BCUT2D eigenvalue weighted by molar-refractivity contribution is 0.0615. The Morgan fingerprint density at radius 1 is 1.00 bits per heavy atom. The van der Waals surface area contributed by atoms with Gasteiger partial charge in [0, 0.05) is 11.3 Å². The molecule has 0 heterocycles. The smallest absolute Gasteiger partial charge is 0.321 e. The van der Waals surface area contributed by atoms with Crippen molar-refractivity contribution in [1.29, 1.82) is 0 Å². The third kappa shape index (κ3) is 5.47. The van der Waals surface area contributed by atoms with Crippen LogP contribution in [0.3, 0.4) is 0 Å². The molecule has 23 heavy (non-hydrogen) atoms. The number of nitrogens with one attached hydrogen (secondary N) is 2. The molecular weight excluding hydrogens is 292 g/mol. The summed E-state index contributed by atoms with van der Waals surface area (Å²) in [6.07, 6.45) is 2.57. The van der Waals surface area contributed by atoms with Crippen LogP contribution in [0.25, 0.3) is 0 Å². The largest absolute Gasteiger partial charge is 0.436 e. The van der Waals surface area contributed by atoms with Crippen molar-refractivity contribution in [3.63, 3.8) is 0 Å². The second kappa shape index (κ2) is 8.58. The van der Waals surface area contributed by atoms with E-state index in [1.165, 1.54) is 5.56 Å². The molecule has 2 amide bonds. The van der Waals surface area contributed by atoms with Crippen molar-refractivity contribution >= 4 is 17.7 Å². The molecule has 0 unspecified atom stereocenters. The number of rotatable bonds is 5. The highest BCUT2D eigenvalue weighted by Crippen LogP contribution is 2.12. The first-order chi connectivity index (χ1) is 11.2. The van der Waals surface area contributed by atoms with Gasteiger partial charge in [0.1, 0.15) is 0 Å². The normalized spacial score (nSPS) is 9.96. The number of carbonyl (C=O) groups is 2. The summed E-state index contributed by atoms with van der Waals surface area (Å²) >= 11 is 0. The minimum Gasteiger partial charge on any atom is -0.321 e. The van der Waals surface area contributed by atoms with E-state index in [4.69, 9.17) is 4.84 Å². The van der Waals surface area contributed by atoms with Crippen LogP contribution in [0.1, 0.15) is 35.7 Å². The summed E-state index contributed by atoms with van der Waals surface area (Å²) in [5.41, 5.74) is 4.36. The average molecular weight is 312 g/mol. The highest BCUT2D eigenvalue weighted by molar-refractivity contribution is 5.94. The van der Waals surface area contributed by atoms with Gasteiger partial charge >= 0.3 is 6.09 Å². The van der Waals surface area contributed by atoms with Crippen LogP contribution in [0.15, 0.2) is 54.6 Å². The van der Waals surface area contributed by atoms with Crippen LogP contribution < -0.4 is 10.8 Å². The molecule has 0 radical (unpaired) electrons. The zero-order chi connectivity index (χ0) is 16.5. The Morgan fingerprint density at radius 3 is 2.35 bits per heavy atom. The second-order valence-corrected chi connectivity index (χ2v) is 5.11. The lowest BCUT2D eigenvalue weighted by Gasteiger charge is -2.08. The zero-order valence-electron chi connectivity index (χ0n) is 13.0. The second-order valence-electron chi connectivity index (χ2n) is 5.11. The SMILES string of the molecule is CCCCc1ccc(NC(=O)ONC(=O)c2ccccc2)cc1. The fourth-order valence-corrected chi connectivity index (χ4v) is 2.02. The van der Waals surface area contributed by atoms with E-state index in [0.29, 0.717) is 11.3 Å².